The van der Waals surface area contributed by atoms with Gasteiger partial charge in [-0.1, -0.05) is 18.2 Å². The van der Waals surface area contributed by atoms with Crippen LogP contribution >= 0.6 is 0 Å². The predicted molar refractivity (Wildman–Crippen MR) is 59.3 cm³/mol. The number of carbonyl (C=O) groups excluding carboxylic acids is 1. The minimum absolute atomic E-state index is 0.349. The van der Waals surface area contributed by atoms with Crippen LogP contribution < -0.4 is 0 Å². The molecule has 1 aromatic rings. The van der Waals surface area contributed by atoms with Gasteiger partial charge in [0.05, 0.1) is 12.1 Å². The first-order chi connectivity index (χ1) is 7.75. The van der Waals surface area contributed by atoms with Crippen LogP contribution in [0.5, 0.6) is 0 Å². The monoisotopic (exact) mass is 219 g/mol. The molecule has 1 aromatic carbocycles. The van der Waals surface area contributed by atoms with Gasteiger partial charge in [0.25, 0.3) is 0 Å². The third-order valence-corrected chi connectivity index (χ3v) is 2.28. The van der Waals surface area contributed by atoms with Crippen molar-refractivity contribution < 1.29 is 14.7 Å². The van der Waals surface area contributed by atoms with E-state index in [-0.39, 0.29) is 0 Å². The van der Waals surface area contributed by atoms with Crippen molar-refractivity contribution >= 4 is 12.0 Å². The van der Waals surface area contributed by atoms with Crippen molar-refractivity contribution in [3.8, 4) is 0 Å². The second-order valence-electron chi connectivity index (χ2n) is 3.39. The van der Waals surface area contributed by atoms with E-state index in [1.165, 1.54) is 6.08 Å². The van der Waals surface area contributed by atoms with Gasteiger partial charge in [-0.25, -0.2) is 14.6 Å². The molecule has 84 valence electrons. The van der Waals surface area contributed by atoms with Gasteiger partial charge in [-0.15, -0.1) is 0 Å². The molecule has 1 rings (SSSR count). The summed E-state index contributed by atoms with van der Waals surface area (Å²) in [5.74, 6) is -0.901. The zero-order valence-corrected chi connectivity index (χ0v) is 8.85. The number of aryl methyl sites for hydroxylation is 1. The second-order valence-corrected chi connectivity index (χ2v) is 3.39. The zero-order valence-electron chi connectivity index (χ0n) is 8.85. The van der Waals surface area contributed by atoms with Gasteiger partial charge in [0.15, 0.2) is 0 Å². The number of aliphatic imine (C=N–C) groups is 1. The summed E-state index contributed by atoms with van der Waals surface area (Å²) in [7, 11) is 0. The smallest absolute Gasteiger partial charge is 0.335 e. The first-order valence-electron chi connectivity index (χ1n) is 5.10. The van der Waals surface area contributed by atoms with Gasteiger partial charge in [-0.2, -0.15) is 0 Å². The largest absolute Gasteiger partial charge is 0.478 e. The molecule has 0 radical (unpaired) electrons. The Morgan fingerprint density at radius 1 is 1.31 bits per heavy atom. The number of rotatable bonds is 6. The van der Waals surface area contributed by atoms with Gasteiger partial charge < -0.3 is 5.11 Å². The molecule has 0 atom stereocenters. The molecule has 0 heterocycles. The molecule has 4 nitrogen and oxygen atoms in total. The maximum atomic E-state index is 10.9. The summed E-state index contributed by atoms with van der Waals surface area (Å²) in [5.41, 5.74) is 1.17. The molecule has 0 bridgehead atoms. The summed E-state index contributed by atoms with van der Waals surface area (Å²) in [5, 5.41) is 8.94. The van der Waals surface area contributed by atoms with Crippen LogP contribution in [0.25, 0.3) is 0 Å². The Bertz CT molecular complexity index is 408. The summed E-state index contributed by atoms with van der Waals surface area (Å²) in [4.78, 5) is 24.1. The topological polar surface area (TPSA) is 66.7 Å². The molecule has 0 aliphatic carbocycles. The fourth-order valence-electron chi connectivity index (χ4n) is 1.50. The number of nitrogens with zero attached hydrogens (tertiary/aromatic N) is 1. The van der Waals surface area contributed by atoms with Gasteiger partial charge in [0, 0.05) is 0 Å². The fourth-order valence-corrected chi connectivity index (χ4v) is 1.50. The van der Waals surface area contributed by atoms with Crippen molar-refractivity contribution in [3.05, 3.63) is 35.4 Å². The minimum atomic E-state index is -0.901. The Morgan fingerprint density at radius 2 is 2.06 bits per heavy atom. The molecule has 4 heteroatoms. The van der Waals surface area contributed by atoms with E-state index in [1.807, 2.05) is 12.1 Å². The molecular formula is C12H13NO3. The van der Waals surface area contributed by atoms with Crippen LogP contribution in [0, 0.1) is 0 Å². The highest BCUT2D eigenvalue weighted by Crippen LogP contribution is 2.12. The highest BCUT2D eigenvalue weighted by molar-refractivity contribution is 5.89. The number of hydrogen-bond donors (Lipinski definition) is 1. The quantitative estimate of drug-likeness (QED) is 0.452. The number of carboxylic acids is 1. The van der Waals surface area contributed by atoms with Crippen LogP contribution in [-0.4, -0.2) is 23.7 Å². The normalized spacial score (nSPS) is 9.50. The molecule has 0 spiro atoms. The SMILES string of the molecule is O=C=NCCCCc1ccccc1C(=O)O. The molecule has 16 heavy (non-hydrogen) atoms. The van der Waals surface area contributed by atoms with Crippen LogP contribution in [0.3, 0.4) is 0 Å². The van der Waals surface area contributed by atoms with Crippen molar-refractivity contribution in [2.24, 2.45) is 4.99 Å². The van der Waals surface area contributed by atoms with Crippen molar-refractivity contribution in [3.63, 3.8) is 0 Å². The van der Waals surface area contributed by atoms with E-state index in [0.717, 1.165) is 18.4 Å². The number of isocyanates is 1. The molecule has 0 saturated heterocycles. The van der Waals surface area contributed by atoms with E-state index >= 15 is 0 Å². The van der Waals surface area contributed by atoms with Gasteiger partial charge in [0.1, 0.15) is 0 Å². The standard InChI is InChI=1S/C12H13NO3/c14-9-13-8-4-3-6-10-5-1-2-7-11(10)12(15)16/h1-2,5,7H,3-4,6,8H2,(H,15,16). The van der Waals surface area contributed by atoms with Gasteiger partial charge in [-0.05, 0) is 30.9 Å². The maximum Gasteiger partial charge on any atom is 0.335 e. The highest BCUT2D eigenvalue weighted by Gasteiger charge is 2.07. The Morgan fingerprint density at radius 3 is 2.75 bits per heavy atom. The van der Waals surface area contributed by atoms with E-state index in [4.69, 9.17) is 5.11 Å². The van der Waals surface area contributed by atoms with Crippen molar-refractivity contribution in [1.82, 2.24) is 0 Å². The molecule has 0 aliphatic rings. The minimum Gasteiger partial charge on any atom is -0.478 e. The number of unbranched alkanes of at least 4 members (excludes halogenated alkanes) is 1. The first-order valence-corrected chi connectivity index (χ1v) is 5.10. The van der Waals surface area contributed by atoms with Crippen LogP contribution in [-0.2, 0) is 11.2 Å². The van der Waals surface area contributed by atoms with Gasteiger partial charge >= 0.3 is 5.97 Å². The van der Waals surface area contributed by atoms with Crippen LogP contribution in [0.4, 0.5) is 0 Å². The third kappa shape index (κ3) is 3.67. The Balaban J connectivity index is 2.53. The summed E-state index contributed by atoms with van der Waals surface area (Å²) in [6.45, 7) is 0.457. The average Bonchev–Trinajstić information content (AvgIpc) is 2.29. The molecule has 0 amide bonds. The average molecular weight is 219 g/mol. The van der Waals surface area contributed by atoms with Crippen LogP contribution in [0.15, 0.2) is 29.3 Å². The number of carboxylic acid groups (broad SMARTS) is 1. The number of carbonyl (C=O) groups is 1. The fraction of sp³-hybridized carbons (Fsp3) is 0.333. The van der Waals surface area contributed by atoms with Gasteiger partial charge in [-0.3, -0.25) is 0 Å². The number of benzene rings is 1. The molecule has 1 N–H and O–H groups in total. The van der Waals surface area contributed by atoms with Crippen molar-refractivity contribution in [2.75, 3.05) is 6.54 Å². The summed E-state index contributed by atoms with van der Waals surface area (Å²) >= 11 is 0. The van der Waals surface area contributed by atoms with E-state index in [1.54, 1.807) is 12.1 Å². The zero-order chi connectivity index (χ0) is 11.8. The molecule has 0 aliphatic heterocycles. The molecular weight excluding hydrogens is 206 g/mol. The van der Waals surface area contributed by atoms with Crippen LogP contribution in [0.1, 0.15) is 28.8 Å². The predicted octanol–water partition coefficient (Wildman–Crippen LogP) is 2.04. The van der Waals surface area contributed by atoms with E-state index in [0.29, 0.717) is 18.5 Å². The Labute approximate surface area is 93.6 Å². The lowest BCUT2D eigenvalue weighted by atomic mass is 10.0. The Hall–Kier alpha value is -1.93. The van der Waals surface area contributed by atoms with E-state index in [2.05, 4.69) is 4.99 Å². The van der Waals surface area contributed by atoms with Crippen LogP contribution in [0.2, 0.25) is 0 Å². The highest BCUT2D eigenvalue weighted by atomic mass is 16.4. The summed E-state index contributed by atoms with van der Waals surface area (Å²) < 4.78 is 0. The first kappa shape index (κ1) is 12.1. The molecule has 0 fully saturated rings. The lowest BCUT2D eigenvalue weighted by Gasteiger charge is -2.04. The number of hydrogen-bond acceptors (Lipinski definition) is 3. The summed E-state index contributed by atoms with van der Waals surface area (Å²) in [6, 6.07) is 6.95. The number of aromatic carboxylic acids is 1. The summed E-state index contributed by atoms with van der Waals surface area (Å²) in [6.07, 6.45) is 3.75. The lowest BCUT2D eigenvalue weighted by molar-refractivity contribution is 0.0695. The lowest BCUT2D eigenvalue weighted by Crippen LogP contribution is -2.02. The van der Waals surface area contributed by atoms with Crippen molar-refractivity contribution in [2.45, 2.75) is 19.3 Å². The maximum absolute atomic E-state index is 10.9. The Kier molecular flexibility index (Phi) is 4.96. The van der Waals surface area contributed by atoms with Gasteiger partial charge in [0.2, 0.25) is 6.08 Å². The molecule has 0 aromatic heterocycles. The third-order valence-electron chi connectivity index (χ3n) is 2.28. The second kappa shape index (κ2) is 6.53. The van der Waals surface area contributed by atoms with Crippen molar-refractivity contribution in [1.29, 1.82) is 0 Å². The molecule has 0 saturated carbocycles. The van der Waals surface area contributed by atoms with E-state index < -0.39 is 5.97 Å². The molecule has 0 unspecified atom stereocenters. The van der Waals surface area contributed by atoms with E-state index in [9.17, 15) is 9.59 Å².